The molecule has 1 saturated heterocycles. The fourth-order valence-electron chi connectivity index (χ4n) is 2.42. The molecule has 1 N–H and O–H groups in total. The zero-order valence-electron chi connectivity index (χ0n) is 10.3. The largest absolute Gasteiger partial charge is 0.457 e. The number of hydrogen-bond acceptors (Lipinski definition) is 3. The lowest BCUT2D eigenvalue weighted by molar-refractivity contribution is -0.144. The summed E-state index contributed by atoms with van der Waals surface area (Å²) in [6.07, 6.45) is 0.451. The molecule has 0 aromatic heterocycles. The van der Waals surface area contributed by atoms with Gasteiger partial charge >= 0.3 is 0 Å². The van der Waals surface area contributed by atoms with Gasteiger partial charge in [0.1, 0.15) is 11.7 Å². The smallest absolute Gasteiger partial charge is 0.118 e. The minimum atomic E-state index is -0.883. The van der Waals surface area contributed by atoms with Gasteiger partial charge in [0.2, 0.25) is 0 Å². The summed E-state index contributed by atoms with van der Waals surface area (Å²) in [6.45, 7) is 4.01. The summed E-state index contributed by atoms with van der Waals surface area (Å²) in [7, 11) is 3.93. The maximum Gasteiger partial charge on any atom is 0.118 e. The van der Waals surface area contributed by atoms with Crippen LogP contribution in [0, 0.1) is 7.05 Å². The van der Waals surface area contributed by atoms with Crippen LogP contribution in [0.15, 0.2) is 30.3 Å². The second-order valence-electron chi connectivity index (χ2n) is 4.56. The molecule has 0 aliphatic carbocycles. The van der Waals surface area contributed by atoms with Crippen molar-refractivity contribution in [3.8, 4) is 0 Å². The molecule has 0 unspecified atom stereocenters. The highest BCUT2D eigenvalue weighted by Gasteiger charge is 2.41. The quantitative estimate of drug-likeness (QED) is 0.809. The summed E-state index contributed by atoms with van der Waals surface area (Å²) < 4.78 is 5.69. The molecule has 0 bridgehead atoms. The molecule has 2 rings (SSSR count). The minimum absolute atomic E-state index is 0.207. The van der Waals surface area contributed by atoms with E-state index in [9.17, 15) is 5.11 Å². The van der Waals surface area contributed by atoms with Gasteiger partial charge in [-0.25, -0.2) is 0 Å². The average Bonchev–Trinajstić information content (AvgIpc) is 2.35. The lowest BCUT2D eigenvalue weighted by Crippen LogP contribution is -2.53. The molecule has 1 fully saturated rings. The highest BCUT2D eigenvalue weighted by Crippen LogP contribution is 2.34. The van der Waals surface area contributed by atoms with Crippen molar-refractivity contribution in [3.63, 3.8) is 0 Å². The zero-order valence-corrected chi connectivity index (χ0v) is 10.3. The molecule has 0 radical (unpaired) electrons. The first-order chi connectivity index (χ1) is 8.16. The van der Waals surface area contributed by atoms with Crippen molar-refractivity contribution in [1.29, 1.82) is 0 Å². The van der Waals surface area contributed by atoms with Crippen LogP contribution in [0.2, 0.25) is 0 Å². The molecule has 2 atom stereocenters. The summed E-state index contributed by atoms with van der Waals surface area (Å²) in [5.74, 6) is 0. The maximum atomic E-state index is 10.9. The van der Waals surface area contributed by atoms with Crippen LogP contribution in [0.1, 0.15) is 18.9 Å². The van der Waals surface area contributed by atoms with Gasteiger partial charge in [-0.2, -0.15) is 0 Å². The predicted molar refractivity (Wildman–Crippen MR) is 67.3 cm³/mol. The molecule has 1 aliphatic heterocycles. The Morgan fingerprint density at radius 2 is 2.18 bits per heavy atom. The Labute approximate surface area is 103 Å². The van der Waals surface area contributed by atoms with E-state index in [0.717, 1.165) is 12.1 Å². The Morgan fingerprint density at radius 3 is 2.82 bits per heavy atom. The third-order valence-electron chi connectivity index (χ3n) is 3.41. The minimum Gasteiger partial charge on any atom is -0.457 e. The van der Waals surface area contributed by atoms with Gasteiger partial charge in [0.15, 0.2) is 0 Å². The molecular formula is C14H20NO2-. The molecule has 94 valence electrons. The van der Waals surface area contributed by atoms with Crippen LogP contribution in [0.5, 0.6) is 0 Å². The Morgan fingerprint density at radius 1 is 1.47 bits per heavy atom. The van der Waals surface area contributed by atoms with Crippen molar-refractivity contribution >= 4 is 0 Å². The monoisotopic (exact) mass is 234 g/mol. The predicted octanol–water partition coefficient (Wildman–Crippen LogP) is 1.78. The topological polar surface area (TPSA) is 32.7 Å². The van der Waals surface area contributed by atoms with E-state index in [1.54, 1.807) is 0 Å². The molecule has 1 aliphatic rings. The van der Waals surface area contributed by atoms with Crippen LogP contribution in [0.4, 0.5) is 0 Å². The van der Waals surface area contributed by atoms with E-state index >= 15 is 0 Å². The van der Waals surface area contributed by atoms with E-state index in [-0.39, 0.29) is 6.10 Å². The van der Waals surface area contributed by atoms with Gasteiger partial charge < -0.3 is 14.7 Å². The molecule has 1 heterocycles. The van der Waals surface area contributed by atoms with Crippen LogP contribution in [-0.2, 0) is 10.3 Å². The molecule has 1 aromatic carbocycles. The Balaban J connectivity index is 2.26. The summed E-state index contributed by atoms with van der Waals surface area (Å²) in [4.78, 5) is 1.96. The number of likely N-dealkylation sites (tertiary alicyclic amines) is 1. The Hall–Kier alpha value is -0.900. The normalized spacial score (nSPS) is 30.4. The number of benzene rings is 1. The highest BCUT2D eigenvalue weighted by molar-refractivity contribution is 5.25. The van der Waals surface area contributed by atoms with Crippen LogP contribution in [0.3, 0.4) is 0 Å². The number of hydrogen-bond donors (Lipinski definition) is 1. The molecule has 3 nitrogen and oxygen atoms in total. The molecule has 17 heavy (non-hydrogen) atoms. The first kappa shape index (κ1) is 12.6. The van der Waals surface area contributed by atoms with E-state index in [0.29, 0.717) is 19.6 Å². The van der Waals surface area contributed by atoms with E-state index in [1.807, 2.05) is 42.2 Å². The van der Waals surface area contributed by atoms with Crippen LogP contribution >= 0.6 is 0 Å². The third-order valence-corrected chi connectivity index (χ3v) is 3.41. The average molecular weight is 234 g/mol. The van der Waals surface area contributed by atoms with Crippen LogP contribution in [-0.4, -0.2) is 35.8 Å². The van der Waals surface area contributed by atoms with Crippen molar-refractivity contribution in [2.45, 2.75) is 25.0 Å². The molecule has 0 amide bonds. The number of rotatable bonds is 3. The molecule has 3 heteroatoms. The molecule has 1 aromatic rings. The summed E-state index contributed by atoms with van der Waals surface area (Å²) in [6, 6.07) is 9.79. The van der Waals surface area contributed by atoms with Gasteiger partial charge in [0.05, 0.1) is 0 Å². The lowest BCUT2D eigenvalue weighted by atomic mass is 9.82. The number of ether oxygens (including phenoxy) is 1. The van der Waals surface area contributed by atoms with Crippen molar-refractivity contribution in [2.75, 3.05) is 19.7 Å². The van der Waals surface area contributed by atoms with Crippen LogP contribution < -0.4 is 0 Å². The van der Waals surface area contributed by atoms with Crippen LogP contribution in [0.25, 0.3) is 0 Å². The number of nitrogens with zero attached hydrogens (tertiary/aromatic N) is 1. The SMILES string of the molecule is [CH2-]N1CC[C@@](O)(c2ccccc2)[C@H](OCC)C1. The van der Waals surface area contributed by atoms with Gasteiger partial charge in [0.25, 0.3) is 0 Å². The second kappa shape index (κ2) is 5.17. The second-order valence-corrected chi connectivity index (χ2v) is 4.56. The number of aliphatic hydroxyl groups is 1. The fraction of sp³-hybridized carbons (Fsp3) is 0.500. The van der Waals surface area contributed by atoms with Crippen molar-refractivity contribution in [1.82, 2.24) is 4.90 Å². The molecule has 0 spiro atoms. The Bertz CT molecular complexity index is 354. The summed E-state index contributed by atoms with van der Waals surface area (Å²) in [5, 5.41) is 10.9. The number of piperidine rings is 1. The standard InChI is InChI=1S/C14H20NO2/c1-3-17-13-11-15(2)10-9-14(13,16)12-7-5-4-6-8-12/h4-8,13,16H,2-3,9-11H2,1H3/q-1/t13-,14-/m1/s1. The third kappa shape index (κ3) is 2.51. The summed E-state index contributed by atoms with van der Waals surface area (Å²) >= 11 is 0. The molecule has 0 saturated carbocycles. The molecular weight excluding hydrogens is 214 g/mol. The van der Waals surface area contributed by atoms with Gasteiger partial charge in [-0.1, -0.05) is 30.3 Å². The maximum absolute atomic E-state index is 10.9. The van der Waals surface area contributed by atoms with Gasteiger partial charge in [0, 0.05) is 6.61 Å². The van der Waals surface area contributed by atoms with E-state index in [1.165, 1.54) is 0 Å². The first-order valence-corrected chi connectivity index (χ1v) is 6.11. The zero-order chi connectivity index (χ0) is 12.3. The van der Waals surface area contributed by atoms with Crippen molar-refractivity contribution in [2.24, 2.45) is 0 Å². The first-order valence-electron chi connectivity index (χ1n) is 6.11. The fourth-order valence-corrected chi connectivity index (χ4v) is 2.42. The lowest BCUT2D eigenvalue weighted by Gasteiger charge is -2.46. The van der Waals surface area contributed by atoms with E-state index < -0.39 is 5.60 Å². The highest BCUT2D eigenvalue weighted by atomic mass is 16.5. The van der Waals surface area contributed by atoms with E-state index in [4.69, 9.17) is 4.74 Å². The van der Waals surface area contributed by atoms with Gasteiger partial charge in [-0.05, 0) is 32.0 Å². The summed E-state index contributed by atoms with van der Waals surface area (Å²) in [5.41, 5.74) is 0.0531. The van der Waals surface area contributed by atoms with E-state index in [2.05, 4.69) is 7.05 Å². The van der Waals surface area contributed by atoms with Crippen molar-refractivity contribution in [3.05, 3.63) is 42.9 Å². The van der Waals surface area contributed by atoms with Gasteiger partial charge in [-0.3, -0.25) is 7.05 Å². The Kier molecular flexibility index (Phi) is 3.82. The van der Waals surface area contributed by atoms with Crippen molar-refractivity contribution < 1.29 is 9.84 Å². The van der Waals surface area contributed by atoms with Gasteiger partial charge in [-0.15, -0.1) is 0 Å².